The molecular formula is C16H28F2O. The summed E-state index contributed by atoms with van der Waals surface area (Å²) in [5, 5.41) is 0. The van der Waals surface area contributed by atoms with E-state index in [-0.39, 0.29) is 5.92 Å². The topological polar surface area (TPSA) is 9.23 Å². The summed E-state index contributed by atoms with van der Waals surface area (Å²) in [6.45, 7) is 2.23. The number of halogens is 2. The van der Waals surface area contributed by atoms with E-state index >= 15 is 0 Å². The molecule has 2 fully saturated rings. The van der Waals surface area contributed by atoms with Crippen molar-refractivity contribution >= 4 is 0 Å². The van der Waals surface area contributed by atoms with Gasteiger partial charge in [-0.05, 0) is 43.4 Å². The molecule has 1 nitrogen and oxygen atoms in total. The van der Waals surface area contributed by atoms with Gasteiger partial charge in [-0.1, -0.05) is 32.6 Å². The van der Waals surface area contributed by atoms with Gasteiger partial charge in [-0.25, -0.2) is 8.78 Å². The minimum absolute atomic E-state index is 0.0658. The van der Waals surface area contributed by atoms with Crippen LogP contribution in [-0.2, 0) is 4.74 Å². The van der Waals surface area contributed by atoms with E-state index in [0.29, 0.717) is 12.3 Å². The average molecular weight is 274 g/mol. The molecule has 4 unspecified atom stereocenters. The molecule has 0 radical (unpaired) electrons. The maximum absolute atomic E-state index is 14.3. The fraction of sp³-hybridized carbons (Fsp3) is 1.00. The van der Waals surface area contributed by atoms with Crippen molar-refractivity contribution in [1.82, 2.24) is 0 Å². The van der Waals surface area contributed by atoms with Crippen LogP contribution in [0.4, 0.5) is 8.78 Å². The fourth-order valence-corrected chi connectivity index (χ4v) is 4.17. The number of ether oxygens (including phenoxy) is 1. The molecule has 19 heavy (non-hydrogen) atoms. The molecule has 0 N–H and O–H groups in total. The first-order valence-corrected chi connectivity index (χ1v) is 7.98. The molecule has 2 saturated carbocycles. The molecule has 0 aromatic rings. The summed E-state index contributed by atoms with van der Waals surface area (Å²) >= 11 is 0. The largest absolute Gasteiger partial charge is 0.378 e. The Kier molecular flexibility index (Phi) is 5.61. The van der Waals surface area contributed by atoms with E-state index in [0.717, 1.165) is 25.2 Å². The van der Waals surface area contributed by atoms with Crippen molar-refractivity contribution in [3.05, 3.63) is 0 Å². The summed E-state index contributed by atoms with van der Waals surface area (Å²) in [6.07, 6.45) is 5.38. The van der Waals surface area contributed by atoms with Crippen LogP contribution in [0.5, 0.6) is 0 Å². The van der Waals surface area contributed by atoms with Gasteiger partial charge in [0, 0.05) is 7.11 Å². The summed E-state index contributed by atoms with van der Waals surface area (Å²) in [6, 6.07) is 0. The van der Waals surface area contributed by atoms with Crippen LogP contribution in [-0.4, -0.2) is 25.6 Å². The van der Waals surface area contributed by atoms with Gasteiger partial charge in [0.05, 0.1) is 6.10 Å². The second-order valence-corrected chi connectivity index (χ2v) is 6.47. The first kappa shape index (κ1) is 15.2. The van der Waals surface area contributed by atoms with Crippen molar-refractivity contribution in [2.75, 3.05) is 7.11 Å². The van der Waals surface area contributed by atoms with Crippen LogP contribution >= 0.6 is 0 Å². The van der Waals surface area contributed by atoms with E-state index < -0.39 is 18.4 Å². The van der Waals surface area contributed by atoms with Crippen molar-refractivity contribution in [2.24, 2.45) is 17.8 Å². The van der Waals surface area contributed by atoms with Crippen LogP contribution in [0.2, 0.25) is 0 Å². The fourth-order valence-electron chi connectivity index (χ4n) is 4.17. The molecule has 0 aromatic heterocycles. The standard InChI is InChI=1S/C16H28F2O/c1-3-4-11-5-7-12(8-6-11)13-9-10-14(19-2)16(18)15(13)17/h11-16H,3-10H2,1-2H3. The van der Waals surface area contributed by atoms with Crippen molar-refractivity contribution < 1.29 is 13.5 Å². The molecule has 0 amide bonds. The summed E-state index contributed by atoms with van der Waals surface area (Å²) in [5.74, 6) is 1.17. The van der Waals surface area contributed by atoms with E-state index in [1.807, 2.05) is 0 Å². The molecular weight excluding hydrogens is 246 g/mol. The Morgan fingerprint density at radius 2 is 1.63 bits per heavy atom. The van der Waals surface area contributed by atoms with E-state index in [1.54, 1.807) is 0 Å². The van der Waals surface area contributed by atoms with Gasteiger partial charge in [-0.2, -0.15) is 0 Å². The Balaban J connectivity index is 1.86. The Morgan fingerprint density at radius 3 is 2.21 bits per heavy atom. The van der Waals surface area contributed by atoms with Gasteiger partial charge in [0.1, 0.15) is 6.17 Å². The first-order valence-electron chi connectivity index (χ1n) is 7.98. The van der Waals surface area contributed by atoms with E-state index in [4.69, 9.17) is 4.74 Å². The maximum Gasteiger partial charge on any atom is 0.157 e. The van der Waals surface area contributed by atoms with Gasteiger partial charge in [0.15, 0.2) is 6.17 Å². The smallest absolute Gasteiger partial charge is 0.157 e. The lowest BCUT2D eigenvalue weighted by Crippen LogP contribution is -2.45. The van der Waals surface area contributed by atoms with Crippen LogP contribution in [0.25, 0.3) is 0 Å². The number of rotatable bonds is 4. The van der Waals surface area contributed by atoms with Crippen LogP contribution in [0.1, 0.15) is 58.3 Å². The van der Waals surface area contributed by atoms with E-state index in [2.05, 4.69) is 6.92 Å². The molecule has 112 valence electrons. The molecule has 0 aliphatic heterocycles. The van der Waals surface area contributed by atoms with E-state index in [9.17, 15) is 8.78 Å². The van der Waals surface area contributed by atoms with Crippen LogP contribution < -0.4 is 0 Å². The zero-order valence-corrected chi connectivity index (χ0v) is 12.3. The first-order chi connectivity index (χ1) is 9.17. The van der Waals surface area contributed by atoms with Crippen molar-refractivity contribution in [3.8, 4) is 0 Å². The molecule has 0 heterocycles. The molecule has 0 saturated heterocycles. The third-order valence-electron chi connectivity index (χ3n) is 5.35. The Labute approximate surface area is 116 Å². The van der Waals surface area contributed by atoms with Crippen molar-refractivity contribution in [3.63, 3.8) is 0 Å². The normalized spacial score (nSPS) is 44.2. The minimum atomic E-state index is -1.42. The highest BCUT2D eigenvalue weighted by molar-refractivity contribution is 4.92. The minimum Gasteiger partial charge on any atom is -0.378 e. The quantitative estimate of drug-likeness (QED) is 0.722. The maximum atomic E-state index is 14.3. The molecule has 0 bridgehead atoms. The third kappa shape index (κ3) is 3.48. The lowest BCUT2D eigenvalue weighted by molar-refractivity contribution is -0.0720. The van der Waals surface area contributed by atoms with E-state index in [1.165, 1.54) is 32.8 Å². The molecule has 2 aliphatic rings. The SMILES string of the molecule is CCCC1CCC(C2CCC(OC)C(F)C2F)CC1. The third-order valence-corrected chi connectivity index (χ3v) is 5.35. The highest BCUT2D eigenvalue weighted by atomic mass is 19.2. The summed E-state index contributed by atoms with van der Waals surface area (Å²) in [7, 11) is 1.49. The summed E-state index contributed by atoms with van der Waals surface area (Å²) in [4.78, 5) is 0. The van der Waals surface area contributed by atoms with Gasteiger partial charge < -0.3 is 4.74 Å². The lowest BCUT2D eigenvalue weighted by Gasteiger charge is -2.41. The van der Waals surface area contributed by atoms with Gasteiger partial charge in [0.25, 0.3) is 0 Å². The van der Waals surface area contributed by atoms with Crippen molar-refractivity contribution in [2.45, 2.75) is 76.7 Å². The highest BCUT2D eigenvalue weighted by Gasteiger charge is 2.44. The Hall–Kier alpha value is -0.180. The van der Waals surface area contributed by atoms with Crippen LogP contribution in [0.15, 0.2) is 0 Å². The molecule has 2 rings (SSSR count). The highest BCUT2D eigenvalue weighted by Crippen LogP contribution is 2.43. The lowest BCUT2D eigenvalue weighted by atomic mass is 9.69. The number of hydrogen-bond acceptors (Lipinski definition) is 1. The van der Waals surface area contributed by atoms with Gasteiger partial charge in [-0.3, -0.25) is 0 Å². The van der Waals surface area contributed by atoms with Gasteiger partial charge in [0.2, 0.25) is 0 Å². The molecule has 2 aliphatic carbocycles. The monoisotopic (exact) mass is 274 g/mol. The number of alkyl halides is 2. The second kappa shape index (κ2) is 7.01. The molecule has 0 aromatic carbocycles. The predicted molar refractivity (Wildman–Crippen MR) is 73.7 cm³/mol. The zero-order valence-electron chi connectivity index (χ0n) is 12.3. The average Bonchev–Trinajstić information content (AvgIpc) is 2.43. The number of methoxy groups -OCH3 is 1. The Morgan fingerprint density at radius 1 is 0.947 bits per heavy atom. The zero-order chi connectivity index (χ0) is 13.8. The predicted octanol–water partition coefficient (Wildman–Crippen LogP) is 4.69. The second-order valence-electron chi connectivity index (χ2n) is 6.47. The van der Waals surface area contributed by atoms with Gasteiger partial charge in [-0.15, -0.1) is 0 Å². The Bertz CT molecular complexity index is 263. The number of hydrogen-bond donors (Lipinski definition) is 0. The van der Waals surface area contributed by atoms with Crippen LogP contribution in [0.3, 0.4) is 0 Å². The molecule has 0 spiro atoms. The van der Waals surface area contributed by atoms with Gasteiger partial charge >= 0.3 is 0 Å². The molecule has 3 heteroatoms. The molecule has 4 atom stereocenters. The van der Waals surface area contributed by atoms with Crippen LogP contribution in [0, 0.1) is 17.8 Å². The van der Waals surface area contributed by atoms with Crippen molar-refractivity contribution in [1.29, 1.82) is 0 Å². The summed E-state index contributed by atoms with van der Waals surface area (Å²) in [5.41, 5.74) is 0. The summed E-state index contributed by atoms with van der Waals surface area (Å²) < 4.78 is 33.2.